The summed E-state index contributed by atoms with van der Waals surface area (Å²) in [5.74, 6) is 0.0828. The molecule has 0 radical (unpaired) electrons. The molecule has 44 heavy (non-hydrogen) atoms. The fourth-order valence-electron chi connectivity index (χ4n) is 5.12. The Balaban J connectivity index is 1.25. The van der Waals surface area contributed by atoms with Gasteiger partial charge in [0.1, 0.15) is 11.5 Å². The summed E-state index contributed by atoms with van der Waals surface area (Å²) in [6.07, 6.45) is 3.27. The molecule has 5 aromatic rings. The standard InChI is InChI=1S/C34H24ClN3O6/c35-28-16-14-23(38(41)42)19-30(28)36-31(39)20-43-34(40)32-26-11-4-5-12-29(26)37-33-22(13-15-27(32)33)17-21-7-6-10-25(18-21)44-24-8-2-1-3-9-24/h1-12,14,16-19H,13,15,20H2,(H,36,39)/b22-17-. The molecule has 1 N–H and O–H groups in total. The van der Waals surface area contributed by atoms with Crippen LogP contribution in [0.2, 0.25) is 5.02 Å². The molecule has 1 aliphatic carbocycles. The van der Waals surface area contributed by atoms with Crippen LogP contribution in [0.15, 0.2) is 97.1 Å². The molecule has 0 fully saturated rings. The average molecular weight is 606 g/mol. The second-order valence-corrected chi connectivity index (χ2v) is 10.4. The quantitative estimate of drug-likeness (QED) is 0.108. The van der Waals surface area contributed by atoms with Gasteiger partial charge in [-0.3, -0.25) is 14.9 Å². The van der Waals surface area contributed by atoms with E-state index in [0.717, 1.165) is 28.5 Å². The van der Waals surface area contributed by atoms with Crippen LogP contribution in [-0.2, 0) is 16.0 Å². The molecule has 0 unspecified atom stereocenters. The zero-order valence-electron chi connectivity index (χ0n) is 23.2. The molecule has 0 saturated heterocycles. The number of esters is 1. The number of nitrogens with zero attached hydrogens (tertiary/aromatic N) is 2. The second kappa shape index (κ2) is 12.4. The number of carbonyl (C=O) groups is 2. The number of non-ortho nitro benzene ring substituents is 1. The molecule has 0 atom stereocenters. The van der Waals surface area contributed by atoms with E-state index >= 15 is 0 Å². The molecule has 9 nitrogen and oxygen atoms in total. The first-order chi connectivity index (χ1) is 21.4. The number of nitrogens with one attached hydrogen (secondary N) is 1. The van der Waals surface area contributed by atoms with Crippen molar-refractivity contribution in [2.24, 2.45) is 0 Å². The van der Waals surface area contributed by atoms with Gasteiger partial charge in [0.2, 0.25) is 0 Å². The number of carbonyl (C=O) groups excluding carboxylic acids is 2. The van der Waals surface area contributed by atoms with Crippen LogP contribution in [0, 0.1) is 10.1 Å². The lowest BCUT2D eigenvalue weighted by molar-refractivity contribution is -0.384. The molecular weight excluding hydrogens is 582 g/mol. The Labute approximate surface area is 256 Å². The highest BCUT2D eigenvalue weighted by molar-refractivity contribution is 6.33. The van der Waals surface area contributed by atoms with Crippen molar-refractivity contribution < 1.29 is 24.0 Å². The Morgan fingerprint density at radius 2 is 1.70 bits per heavy atom. The molecular formula is C34H24ClN3O6. The number of allylic oxidation sites excluding steroid dienone is 1. The van der Waals surface area contributed by atoms with E-state index in [1.165, 1.54) is 12.1 Å². The van der Waals surface area contributed by atoms with Gasteiger partial charge in [0.25, 0.3) is 11.6 Å². The number of amides is 1. The zero-order valence-corrected chi connectivity index (χ0v) is 23.9. The van der Waals surface area contributed by atoms with E-state index in [2.05, 4.69) is 5.32 Å². The van der Waals surface area contributed by atoms with Crippen LogP contribution >= 0.6 is 11.6 Å². The first-order valence-electron chi connectivity index (χ1n) is 13.7. The van der Waals surface area contributed by atoms with Gasteiger partial charge in [-0.15, -0.1) is 0 Å². The predicted octanol–water partition coefficient (Wildman–Crippen LogP) is 7.87. The maximum Gasteiger partial charge on any atom is 0.339 e. The third-order valence-corrected chi connectivity index (χ3v) is 7.42. The number of halogens is 1. The molecule has 1 amide bonds. The minimum absolute atomic E-state index is 0.0465. The maximum atomic E-state index is 13.5. The van der Waals surface area contributed by atoms with E-state index in [4.69, 9.17) is 26.1 Å². The third-order valence-electron chi connectivity index (χ3n) is 7.09. The fourth-order valence-corrected chi connectivity index (χ4v) is 5.28. The van der Waals surface area contributed by atoms with E-state index in [9.17, 15) is 19.7 Å². The molecule has 4 aromatic carbocycles. The number of nitro groups is 1. The van der Waals surface area contributed by atoms with Crippen LogP contribution in [0.25, 0.3) is 22.6 Å². The molecule has 0 saturated carbocycles. The SMILES string of the molecule is O=C(COC(=O)c1c2c(nc3ccccc13)/C(=C\c1cccc(Oc3ccccc3)c1)CC2)Nc1cc([N+](=O)[O-])ccc1Cl. The van der Waals surface area contributed by atoms with Gasteiger partial charge in [-0.2, -0.15) is 0 Å². The number of pyridine rings is 1. The molecule has 0 bridgehead atoms. The van der Waals surface area contributed by atoms with E-state index in [1.54, 1.807) is 6.07 Å². The molecule has 0 spiro atoms. The number of nitro benzene ring substituents is 1. The normalized spacial score (nSPS) is 13.0. The Morgan fingerprint density at radius 3 is 2.52 bits per heavy atom. The van der Waals surface area contributed by atoms with E-state index in [1.807, 2.05) is 78.9 Å². The fraction of sp³-hybridized carbons (Fsp3) is 0.0882. The van der Waals surface area contributed by atoms with Crippen LogP contribution in [-0.4, -0.2) is 28.4 Å². The van der Waals surface area contributed by atoms with Crippen molar-refractivity contribution >= 4 is 57.4 Å². The maximum absolute atomic E-state index is 13.5. The summed E-state index contributed by atoms with van der Waals surface area (Å²) in [6.45, 7) is -0.611. The van der Waals surface area contributed by atoms with Gasteiger partial charge in [0, 0.05) is 17.5 Å². The van der Waals surface area contributed by atoms with Gasteiger partial charge in [-0.05, 0) is 72.0 Å². The smallest absolute Gasteiger partial charge is 0.339 e. The number of fused-ring (bicyclic) bond motifs is 2. The Hall–Kier alpha value is -5.54. The number of hydrogen-bond donors (Lipinski definition) is 1. The lowest BCUT2D eigenvalue weighted by Crippen LogP contribution is -2.22. The van der Waals surface area contributed by atoms with Crippen molar-refractivity contribution in [2.45, 2.75) is 12.8 Å². The number of aromatic nitrogens is 1. The monoisotopic (exact) mass is 605 g/mol. The summed E-state index contributed by atoms with van der Waals surface area (Å²) in [6, 6.07) is 28.2. The average Bonchev–Trinajstić information content (AvgIpc) is 3.42. The number of ether oxygens (including phenoxy) is 2. The number of rotatable bonds is 8. The molecule has 1 heterocycles. The summed E-state index contributed by atoms with van der Waals surface area (Å²) in [5.41, 5.74) is 4.14. The van der Waals surface area contributed by atoms with Crippen LogP contribution in [0.3, 0.4) is 0 Å². The minimum Gasteiger partial charge on any atom is -0.457 e. The lowest BCUT2D eigenvalue weighted by Gasteiger charge is -2.13. The third kappa shape index (κ3) is 6.13. The van der Waals surface area contributed by atoms with Crippen molar-refractivity contribution in [1.82, 2.24) is 4.98 Å². The number of hydrogen-bond acceptors (Lipinski definition) is 7. The summed E-state index contributed by atoms with van der Waals surface area (Å²) in [7, 11) is 0. The largest absolute Gasteiger partial charge is 0.457 e. The number of anilines is 1. The summed E-state index contributed by atoms with van der Waals surface area (Å²) in [4.78, 5) is 41.5. The molecule has 1 aliphatic rings. The predicted molar refractivity (Wildman–Crippen MR) is 168 cm³/mol. The van der Waals surface area contributed by atoms with Gasteiger partial charge >= 0.3 is 5.97 Å². The van der Waals surface area contributed by atoms with E-state index in [0.29, 0.717) is 40.8 Å². The van der Waals surface area contributed by atoms with Gasteiger partial charge in [-0.25, -0.2) is 9.78 Å². The molecule has 10 heteroatoms. The number of benzene rings is 4. The summed E-state index contributed by atoms with van der Waals surface area (Å²) in [5, 5.41) is 14.3. The highest BCUT2D eigenvalue weighted by atomic mass is 35.5. The van der Waals surface area contributed by atoms with Gasteiger partial charge < -0.3 is 14.8 Å². The van der Waals surface area contributed by atoms with E-state index in [-0.39, 0.29) is 16.4 Å². The van der Waals surface area contributed by atoms with Crippen LogP contribution in [0.1, 0.15) is 33.6 Å². The Morgan fingerprint density at radius 1 is 0.932 bits per heavy atom. The molecule has 218 valence electrons. The zero-order chi connectivity index (χ0) is 30.6. The van der Waals surface area contributed by atoms with Crippen molar-refractivity contribution in [2.75, 3.05) is 11.9 Å². The second-order valence-electron chi connectivity index (χ2n) is 10.0. The molecule has 6 rings (SSSR count). The summed E-state index contributed by atoms with van der Waals surface area (Å²) < 4.78 is 11.4. The van der Waals surface area contributed by atoms with Gasteiger partial charge in [0.05, 0.1) is 32.4 Å². The molecule has 0 aliphatic heterocycles. The van der Waals surface area contributed by atoms with Crippen LogP contribution in [0.5, 0.6) is 11.5 Å². The van der Waals surface area contributed by atoms with Gasteiger partial charge in [-0.1, -0.05) is 60.1 Å². The van der Waals surface area contributed by atoms with Crippen molar-refractivity contribution in [1.29, 1.82) is 0 Å². The first-order valence-corrected chi connectivity index (χ1v) is 14.1. The van der Waals surface area contributed by atoms with Crippen molar-refractivity contribution in [3.8, 4) is 11.5 Å². The lowest BCUT2D eigenvalue weighted by atomic mass is 10.0. The van der Waals surface area contributed by atoms with Gasteiger partial charge in [0.15, 0.2) is 6.61 Å². The minimum atomic E-state index is -0.686. The Kier molecular flexibility index (Phi) is 8.03. The van der Waals surface area contributed by atoms with Crippen LogP contribution in [0.4, 0.5) is 11.4 Å². The topological polar surface area (TPSA) is 121 Å². The van der Waals surface area contributed by atoms with Crippen molar-refractivity contribution in [3.05, 3.63) is 135 Å². The Bertz CT molecular complexity index is 1960. The highest BCUT2D eigenvalue weighted by Crippen LogP contribution is 2.38. The highest BCUT2D eigenvalue weighted by Gasteiger charge is 2.28. The molecule has 1 aromatic heterocycles. The number of para-hydroxylation sites is 2. The van der Waals surface area contributed by atoms with Crippen molar-refractivity contribution in [3.63, 3.8) is 0 Å². The first kappa shape index (κ1) is 28.6. The summed E-state index contributed by atoms with van der Waals surface area (Å²) >= 11 is 6.09. The van der Waals surface area contributed by atoms with E-state index < -0.39 is 23.4 Å². The van der Waals surface area contributed by atoms with Crippen LogP contribution < -0.4 is 10.1 Å².